The lowest BCUT2D eigenvalue weighted by Gasteiger charge is -2.34. The minimum atomic E-state index is 0.505. The van der Waals surface area contributed by atoms with Gasteiger partial charge in [0.1, 0.15) is 0 Å². The van der Waals surface area contributed by atoms with Crippen molar-refractivity contribution in [2.24, 2.45) is 0 Å². The topological polar surface area (TPSA) is 12.0 Å². The molecule has 1 saturated heterocycles. The Morgan fingerprint density at radius 1 is 1.10 bits per heavy atom. The summed E-state index contributed by atoms with van der Waals surface area (Å²) in [6.45, 7) is 4.37. The average molecular weight is 300 g/mol. The highest BCUT2D eigenvalue weighted by Crippen LogP contribution is 2.39. The lowest BCUT2D eigenvalue weighted by Crippen LogP contribution is -2.34. The predicted octanol–water partition coefficient (Wildman–Crippen LogP) is 4.76. The Balaban J connectivity index is 1.98. The van der Waals surface area contributed by atoms with E-state index < -0.39 is 0 Å². The highest BCUT2D eigenvalue weighted by Gasteiger charge is 2.28. The van der Waals surface area contributed by atoms with E-state index in [-0.39, 0.29) is 0 Å². The van der Waals surface area contributed by atoms with Gasteiger partial charge in [-0.1, -0.05) is 54.9 Å². The first-order chi connectivity index (χ1) is 10.3. The molecule has 0 radical (unpaired) electrons. The smallest absolute Gasteiger partial charge is 0.0408 e. The first-order valence-electron chi connectivity index (χ1n) is 7.83. The summed E-state index contributed by atoms with van der Waals surface area (Å²) in [5.41, 5.74) is 4.36. The second-order valence-electron chi connectivity index (χ2n) is 5.81. The molecule has 110 valence electrons. The van der Waals surface area contributed by atoms with Crippen LogP contribution in [0, 0.1) is 0 Å². The van der Waals surface area contributed by atoms with Crippen molar-refractivity contribution >= 4 is 11.6 Å². The Kier molecular flexibility index (Phi) is 4.62. The summed E-state index contributed by atoms with van der Waals surface area (Å²) < 4.78 is 0. The van der Waals surface area contributed by atoms with Gasteiger partial charge in [-0.05, 0) is 54.1 Å². The van der Waals surface area contributed by atoms with E-state index in [2.05, 4.69) is 54.7 Å². The number of rotatable bonds is 3. The van der Waals surface area contributed by atoms with Gasteiger partial charge in [-0.2, -0.15) is 0 Å². The molecule has 1 heterocycles. The van der Waals surface area contributed by atoms with E-state index in [4.69, 9.17) is 11.6 Å². The van der Waals surface area contributed by atoms with Crippen LogP contribution in [-0.2, 0) is 6.42 Å². The monoisotopic (exact) mass is 299 g/mol. The molecule has 1 aliphatic heterocycles. The summed E-state index contributed by atoms with van der Waals surface area (Å²) in [5, 5.41) is 4.38. The Hall–Kier alpha value is -1.31. The maximum Gasteiger partial charge on any atom is 0.0408 e. The molecule has 2 heteroatoms. The van der Waals surface area contributed by atoms with E-state index in [0.717, 1.165) is 24.5 Å². The standard InChI is InChI=1S/C19H22ClN/c1-2-14-6-3-4-9-17(14)18-10-11-21-13-19(18)15-7-5-8-16(20)12-15/h3-9,12,18-19,21H,2,10-11,13H2,1H3. The van der Waals surface area contributed by atoms with Gasteiger partial charge in [0.2, 0.25) is 0 Å². The van der Waals surface area contributed by atoms with Crippen LogP contribution >= 0.6 is 11.6 Å². The summed E-state index contributed by atoms with van der Waals surface area (Å²) in [6.07, 6.45) is 2.29. The van der Waals surface area contributed by atoms with Crippen molar-refractivity contribution in [1.29, 1.82) is 0 Å². The maximum atomic E-state index is 6.20. The number of benzene rings is 2. The SMILES string of the molecule is CCc1ccccc1C1CCNCC1c1cccc(Cl)c1. The number of piperidine rings is 1. The molecule has 2 atom stereocenters. The van der Waals surface area contributed by atoms with Gasteiger partial charge in [-0.3, -0.25) is 0 Å². The Morgan fingerprint density at radius 2 is 1.95 bits per heavy atom. The van der Waals surface area contributed by atoms with Gasteiger partial charge in [0.05, 0.1) is 0 Å². The van der Waals surface area contributed by atoms with Crippen LogP contribution in [0.25, 0.3) is 0 Å². The molecule has 2 aromatic carbocycles. The van der Waals surface area contributed by atoms with Gasteiger partial charge in [0, 0.05) is 17.5 Å². The van der Waals surface area contributed by atoms with Crippen LogP contribution in [0.3, 0.4) is 0 Å². The fourth-order valence-electron chi connectivity index (χ4n) is 3.54. The van der Waals surface area contributed by atoms with Gasteiger partial charge in [0.15, 0.2) is 0 Å². The van der Waals surface area contributed by atoms with Crippen LogP contribution in [0.2, 0.25) is 5.02 Å². The van der Waals surface area contributed by atoms with E-state index in [1.165, 1.54) is 23.1 Å². The van der Waals surface area contributed by atoms with Crippen molar-refractivity contribution in [2.75, 3.05) is 13.1 Å². The highest BCUT2D eigenvalue weighted by molar-refractivity contribution is 6.30. The van der Waals surface area contributed by atoms with Crippen molar-refractivity contribution in [2.45, 2.75) is 31.6 Å². The third-order valence-electron chi connectivity index (χ3n) is 4.59. The molecule has 0 saturated carbocycles. The van der Waals surface area contributed by atoms with E-state index in [1.807, 2.05) is 6.07 Å². The number of hydrogen-bond donors (Lipinski definition) is 1. The molecule has 1 aliphatic rings. The second kappa shape index (κ2) is 6.64. The lowest BCUT2D eigenvalue weighted by molar-refractivity contribution is 0.402. The number of nitrogens with one attached hydrogen (secondary N) is 1. The minimum absolute atomic E-state index is 0.505. The fourth-order valence-corrected chi connectivity index (χ4v) is 3.73. The molecular weight excluding hydrogens is 278 g/mol. The highest BCUT2D eigenvalue weighted by atomic mass is 35.5. The number of halogens is 1. The number of hydrogen-bond acceptors (Lipinski definition) is 1. The van der Waals surface area contributed by atoms with Crippen molar-refractivity contribution in [1.82, 2.24) is 5.32 Å². The summed E-state index contributed by atoms with van der Waals surface area (Å²) >= 11 is 6.20. The van der Waals surface area contributed by atoms with Crippen LogP contribution in [0.5, 0.6) is 0 Å². The molecule has 0 bridgehead atoms. The van der Waals surface area contributed by atoms with E-state index >= 15 is 0 Å². The first kappa shape index (κ1) is 14.6. The van der Waals surface area contributed by atoms with Crippen LogP contribution in [0.4, 0.5) is 0 Å². The Morgan fingerprint density at radius 3 is 2.76 bits per heavy atom. The average Bonchev–Trinajstić information content (AvgIpc) is 2.55. The van der Waals surface area contributed by atoms with Gasteiger partial charge in [0.25, 0.3) is 0 Å². The third kappa shape index (κ3) is 3.14. The fraction of sp³-hybridized carbons (Fsp3) is 0.368. The van der Waals surface area contributed by atoms with Crippen molar-refractivity contribution in [3.63, 3.8) is 0 Å². The van der Waals surface area contributed by atoms with Gasteiger partial charge in [-0.25, -0.2) is 0 Å². The van der Waals surface area contributed by atoms with Crippen LogP contribution in [-0.4, -0.2) is 13.1 Å². The summed E-state index contributed by atoms with van der Waals surface area (Å²) in [4.78, 5) is 0. The van der Waals surface area contributed by atoms with E-state index in [0.29, 0.717) is 11.8 Å². The summed E-state index contributed by atoms with van der Waals surface area (Å²) in [7, 11) is 0. The van der Waals surface area contributed by atoms with Gasteiger partial charge < -0.3 is 5.32 Å². The number of aryl methyl sites for hydroxylation is 1. The zero-order chi connectivity index (χ0) is 14.7. The summed E-state index contributed by atoms with van der Waals surface area (Å²) in [6, 6.07) is 17.3. The summed E-state index contributed by atoms with van der Waals surface area (Å²) in [5.74, 6) is 1.09. The molecule has 1 nitrogen and oxygen atoms in total. The lowest BCUT2D eigenvalue weighted by atomic mass is 9.76. The van der Waals surface area contributed by atoms with Crippen molar-refractivity contribution in [3.05, 3.63) is 70.2 Å². The largest absolute Gasteiger partial charge is 0.316 e. The van der Waals surface area contributed by atoms with Crippen molar-refractivity contribution < 1.29 is 0 Å². The molecule has 0 aromatic heterocycles. The molecule has 0 aliphatic carbocycles. The van der Waals surface area contributed by atoms with E-state index in [9.17, 15) is 0 Å². The molecule has 21 heavy (non-hydrogen) atoms. The van der Waals surface area contributed by atoms with Gasteiger partial charge in [-0.15, -0.1) is 0 Å². The molecule has 1 fully saturated rings. The first-order valence-corrected chi connectivity index (χ1v) is 8.21. The maximum absolute atomic E-state index is 6.20. The predicted molar refractivity (Wildman–Crippen MR) is 90.2 cm³/mol. The quantitative estimate of drug-likeness (QED) is 0.861. The molecule has 2 aromatic rings. The Labute approximate surface area is 132 Å². The molecule has 2 unspecified atom stereocenters. The zero-order valence-corrected chi connectivity index (χ0v) is 13.2. The molecule has 0 spiro atoms. The molecular formula is C19H22ClN. The van der Waals surface area contributed by atoms with Crippen LogP contribution in [0.1, 0.15) is 41.9 Å². The molecule has 1 N–H and O–H groups in total. The minimum Gasteiger partial charge on any atom is -0.316 e. The normalized spacial score (nSPS) is 22.2. The zero-order valence-electron chi connectivity index (χ0n) is 12.5. The molecule has 0 amide bonds. The Bertz CT molecular complexity index is 608. The van der Waals surface area contributed by atoms with E-state index in [1.54, 1.807) is 0 Å². The van der Waals surface area contributed by atoms with Crippen molar-refractivity contribution in [3.8, 4) is 0 Å². The van der Waals surface area contributed by atoms with Gasteiger partial charge >= 0.3 is 0 Å². The molecule has 3 rings (SSSR count). The second-order valence-corrected chi connectivity index (χ2v) is 6.25. The third-order valence-corrected chi connectivity index (χ3v) is 4.83. The van der Waals surface area contributed by atoms with Crippen LogP contribution < -0.4 is 5.32 Å². The van der Waals surface area contributed by atoms with Crippen LogP contribution in [0.15, 0.2) is 48.5 Å².